The van der Waals surface area contributed by atoms with Crippen LogP contribution in [-0.4, -0.2) is 18.8 Å². The van der Waals surface area contributed by atoms with Crippen molar-refractivity contribution in [2.75, 3.05) is 6.61 Å². The van der Waals surface area contributed by atoms with Gasteiger partial charge in [-0.05, 0) is 39.2 Å². The first-order valence-electron chi connectivity index (χ1n) is 6.00. The summed E-state index contributed by atoms with van der Waals surface area (Å²) in [4.78, 5) is 0. The molecule has 0 amide bonds. The van der Waals surface area contributed by atoms with Crippen LogP contribution in [0.4, 0.5) is 0 Å². The average Bonchev–Trinajstić information content (AvgIpc) is 2.21. The highest BCUT2D eigenvalue weighted by Gasteiger charge is 2.04. The Kier molecular flexibility index (Phi) is 5.50. The minimum atomic E-state index is 0.196. The van der Waals surface area contributed by atoms with Gasteiger partial charge in [0.15, 0.2) is 0 Å². The molecule has 0 bridgehead atoms. The first kappa shape index (κ1) is 13.2. The van der Waals surface area contributed by atoms with Crippen LogP contribution >= 0.6 is 0 Å². The summed E-state index contributed by atoms with van der Waals surface area (Å²) in [7, 11) is 0. The average molecular weight is 221 g/mol. The Bertz CT molecular complexity index is 292. The van der Waals surface area contributed by atoms with E-state index in [1.54, 1.807) is 0 Å². The van der Waals surface area contributed by atoms with Crippen LogP contribution in [0.1, 0.15) is 31.4 Å². The fourth-order valence-electron chi connectivity index (χ4n) is 1.58. The van der Waals surface area contributed by atoms with E-state index in [4.69, 9.17) is 10.5 Å². The van der Waals surface area contributed by atoms with Crippen LogP contribution in [0.2, 0.25) is 0 Å². The van der Waals surface area contributed by atoms with Crippen molar-refractivity contribution in [3.63, 3.8) is 0 Å². The van der Waals surface area contributed by atoms with Crippen molar-refractivity contribution in [3.05, 3.63) is 35.4 Å². The van der Waals surface area contributed by atoms with E-state index in [2.05, 4.69) is 31.2 Å². The summed E-state index contributed by atoms with van der Waals surface area (Å²) in [5, 5.41) is 0. The van der Waals surface area contributed by atoms with Gasteiger partial charge < -0.3 is 10.5 Å². The van der Waals surface area contributed by atoms with E-state index >= 15 is 0 Å². The Morgan fingerprint density at radius 3 is 2.38 bits per heavy atom. The van der Waals surface area contributed by atoms with Crippen molar-refractivity contribution in [3.8, 4) is 0 Å². The molecular formula is C14H23NO. The normalized spacial score (nSPS) is 13.1. The Labute approximate surface area is 98.8 Å². The Morgan fingerprint density at radius 1 is 1.19 bits per heavy atom. The molecule has 0 heterocycles. The van der Waals surface area contributed by atoms with Crippen LogP contribution in [0.15, 0.2) is 24.3 Å². The van der Waals surface area contributed by atoms with Crippen LogP contribution in [0.25, 0.3) is 0 Å². The topological polar surface area (TPSA) is 35.2 Å². The lowest BCUT2D eigenvalue weighted by atomic mass is 10.0. The van der Waals surface area contributed by atoms with Crippen LogP contribution in [0.3, 0.4) is 0 Å². The number of rotatable bonds is 6. The van der Waals surface area contributed by atoms with E-state index in [1.165, 1.54) is 11.1 Å². The van der Waals surface area contributed by atoms with Crippen molar-refractivity contribution in [2.45, 2.75) is 45.8 Å². The van der Waals surface area contributed by atoms with Gasteiger partial charge in [0.25, 0.3) is 0 Å². The lowest BCUT2D eigenvalue weighted by Crippen LogP contribution is -2.25. The minimum absolute atomic E-state index is 0.196. The van der Waals surface area contributed by atoms with E-state index < -0.39 is 0 Å². The van der Waals surface area contributed by atoms with E-state index in [-0.39, 0.29) is 6.04 Å². The third-order valence-electron chi connectivity index (χ3n) is 2.56. The molecule has 0 spiro atoms. The molecule has 0 aliphatic rings. The van der Waals surface area contributed by atoms with Crippen molar-refractivity contribution in [2.24, 2.45) is 5.73 Å². The summed E-state index contributed by atoms with van der Waals surface area (Å²) in [5.41, 5.74) is 8.65. The molecule has 0 saturated carbocycles. The fraction of sp³-hybridized carbons (Fsp3) is 0.571. The highest BCUT2D eigenvalue weighted by Crippen LogP contribution is 2.07. The van der Waals surface area contributed by atoms with Gasteiger partial charge in [-0.3, -0.25) is 0 Å². The van der Waals surface area contributed by atoms with Gasteiger partial charge in [0.05, 0.1) is 6.10 Å². The summed E-state index contributed by atoms with van der Waals surface area (Å²) in [6.45, 7) is 6.95. The molecule has 1 aromatic rings. The molecule has 2 heteroatoms. The standard InChI is InChI=1S/C14H23NO/c1-11(2)16-9-8-14(15)10-13-6-4-12(3)5-7-13/h4-7,11,14H,8-10,15H2,1-3H3. The molecule has 16 heavy (non-hydrogen) atoms. The second kappa shape index (κ2) is 6.66. The van der Waals surface area contributed by atoms with Gasteiger partial charge in [0.1, 0.15) is 0 Å². The second-order valence-corrected chi connectivity index (χ2v) is 4.66. The predicted octanol–water partition coefficient (Wildman–Crippen LogP) is 2.68. The molecular weight excluding hydrogens is 198 g/mol. The van der Waals surface area contributed by atoms with Gasteiger partial charge in [0.2, 0.25) is 0 Å². The molecule has 0 aliphatic heterocycles. The van der Waals surface area contributed by atoms with Crippen molar-refractivity contribution in [1.82, 2.24) is 0 Å². The first-order valence-corrected chi connectivity index (χ1v) is 6.00. The van der Waals surface area contributed by atoms with Crippen LogP contribution in [0, 0.1) is 6.92 Å². The SMILES string of the molecule is Cc1ccc(CC(N)CCOC(C)C)cc1. The molecule has 90 valence electrons. The fourth-order valence-corrected chi connectivity index (χ4v) is 1.58. The number of benzene rings is 1. The maximum atomic E-state index is 6.05. The molecule has 1 rings (SSSR count). The molecule has 1 atom stereocenters. The van der Waals surface area contributed by atoms with E-state index in [9.17, 15) is 0 Å². The zero-order valence-electron chi connectivity index (χ0n) is 10.6. The molecule has 0 aliphatic carbocycles. The zero-order chi connectivity index (χ0) is 12.0. The predicted molar refractivity (Wildman–Crippen MR) is 68.6 cm³/mol. The van der Waals surface area contributed by atoms with E-state index in [0.29, 0.717) is 6.10 Å². The lowest BCUT2D eigenvalue weighted by molar-refractivity contribution is 0.0737. The van der Waals surface area contributed by atoms with Crippen molar-refractivity contribution in [1.29, 1.82) is 0 Å². The van der Waals surface area contributed by atoms with Crippen molar-refractivity contribution >= 4 is 0 Å². The summed E-state index contributed by atoms with van der Waals surface area (Å²) in [6.07, 6.45) is 2.15. The first-order chi connectivity index (χ1) is 7.58. The number of hydrogen-bond donors (Lipinski definition) is 1. The van der Waals surface area contributed by atoms with Crippen molar-refractivity contribution < 1.29 is 4.74 Å². The highest BCUT2D eigenvalue weighted by atomic mass is 16.5. The third kappa shape index (κ3) is 5.29. The maximum absolute atomic E-state index is 6.05. The Balaban J connectivity index is 2.28. The number of aryl methyl sites for hydroxylation is 1. The molecule has 2 nitrogen and oxygen atoms in total. The minimum Gasteiger partial charge on any atom is -0.379 e. The quantitative estimate of drug-likeness (QED) is 0.801. The van der Waals surface area contributed by atoms with E-state index in [0.717, 1.165) is 19.4 Å². The number of nitrogens with two attached hydrogens (primary N) is 1. The third-order valence-corrected chi connectivity index (χ3v) is 2.56. The lowest BCUT2D eigenvalue weighted by Gasteiger charge is -2.13. The molecule has 2 N–H and O–H groups in total. The highest BCUT2D eigenvalue weighted by molar-refractivity contribution is 5.21. The van der Waals surface area contributed by atoms with Gasteiger partial charge in [-0.2, -0.15) is 0 Å². The van der Waals surface area contributed by atoms with Crippen LogP contribution in [0.5, 0.6) is 0 Å². The molecule has 1 aromatic carbocycles. The summed E-state index contributed by atoms with van der Waals surface area (Å²) >= 11 is 0. The number of hydrogen-bond acceptors (Lipinski definition) is 2. The number of ether oxygens (including phenoxy) is 1. The van der Waals surface area contributed by atoms with Gasteiger partial charge >= 0.3 is 0 Å². The van der Waals surface area contributed by atoms with E-state index in [1.807, 2.05) is 13.8 Å². The van der Waals surface area contributed by atoms with Crippen LogP contribution in [-0.2, 0) is 11.2 Å². The van der Waals surface area contributed by atoms with Gasteiger partial charge in [-0.15, -0.1) is 0 Å². The molecule has 1 unspecified atom stereocenters. The zero-order valence-corrected chi connectivity index (χ0v) is 10.6. The van der Waals surface area contributed by atoms with Crippen LogP contribution < -0.4 is 5.73 Å². The maximum Gasteiger partial charge on any atom is 0.0518 e. The molecule has 0 radical (unpaired) electrons. The Hall–Kier alpha value is -0.860. The van der Waals surface area contributed by atoms with Gasteiger partial charge in [-0.25, -0.2) is 0 Å². The molecule has 0 aromatic heterocycles. The molecule has 0 fully saturated rings. The van der Waals surface area contributed by atoms with Gasteiger partial charge in [0, 0.05) is 12.6 Å². The Morgan fingerprint density at radius 2 is 1.81 bits per heavy atom. The smallest absolute Gasteiger partial charge is 0.0518 e. The summed E-state index contributed by atoms with van der Waals surface area (Å²) in [5.74, 6) is 0. The summed E-state index contributed by atoms with van der Waals surface area (Å²) in [6, 6.07) is 8.76. The molecule has 0 saturated heterocycles. The van der Waals surface area contributed by atoms with Gasteiger partial charge in [-0.1, -0.05) is 29.8 Å². The second-order valence-electron chi connectivity index (χ2n) is 4.66. The largest absolute Gasteiger partial charge is 0.379 e. The summed E-state index contributed by atoms with van der Waals surface area (Å²) < 4.78 is 5.49. The monoisotopic (exact) mass is 221 g/mol.